The summed E-state index contributed by atoms with van der Waals surface area (Å²) < 4.78 is 18.5. The molecule has 0 heterocycles. The highest BCUT2D eigenvalue weighted by Crippen LogP contribution is 2.27. The van der Waals surface area contributed by atoms with Crippen LogP contribution in [-0.4, -0.2) is 18.2 Å². The quantitative estimate of drug-likeness (QED) is 0.560. The first-order valence-electron chi connectivity index (χ1n) is 8.08. The van der Waals surface area contributed by atoms with Crippen molar-refractivity contribution in [2.24, 2.45) is 5.92 Å². The van der Waals surface area contributed by atoms with Crippen molar-refractivity contribution in [3.8, 4) is 0 Å². The van der Waals surface area contributed by atoms with Gasteiger partial charge < -0.3 is 4.74 Å². The monoisotopic (exact) mass is 343 g/mol. The molecule has 0 aliphatic rings. The number of hydrogen-bond donors (Lipinski definition) is 2. The number of benzene rings is 2. The molecule has 0 saturated carbocycles. The summed E-state index contributed by atoms with van der Waals surface area (Å²) in [5, 5.41) is 9.00. The lowest BCUT2D eigenvalue weighted by atomic mass is 9.93. The third-order valence-corrected chi connectivity index (χ3v) is 4.04. The van der Waals surface area contributed by atoms with Crippen molar-refractivity contribution in [1.82, 2.24) is 5.48 Å². The number of hydrogen-bond acceptors (Lipinski definition) is 3. The number of allylic oxidation sites excluding steroid dienone is 1. The van der Waals surface area contributed by atoms with Gasteiger partial charge in [0.05, 0.1) is 6.10 Å². The topological polar surface area (TPSA) is 58.6 Å². The average Bonchev–Trinajstić information content (AvgIpc) is 2.65. The molecule has 0 spiro atoms. The number of carbonyl (C=O) groups is 1. The fraction of sp³-hybridized carbons (Fsp3) is 0.250. The minimum absolute atomic E-state index is 0.325. The van der Waals surface area contributed by atoms with Gasteiger partial charge in [-0.15, -0.1) is 0 Å². The lowest BCUT2D eigenvalue weighted by molar-refractivity contribution is -0.134. The molecule has 2 N–H and O–H groups in total. The first kappa shape index (κ1) is 18.8. The van der Waals surface area contributed by atoms with Crippen LogP contribution in [-0.2, 0) is 9.53 Å². The predicted molar refractivity (Wildman–Crippen MR) is 94.3 cm³/mol. The fourth-order valence-corrected chi connectivity index (χ4v) is 2.64. The van der Waals surface area contributed by atoms with Crippen LogP contribution in [0, 0.1) is 11.7 Å². The Bertz CT molecular complexity index is 686. The Morgan fingerprint density at radius 3 is 2.48 bits per heavy atom. The zero-order chi connectivity index (χ0) is 18.1. The Labute approximate surface area is 146 Å². The maximum atomic E-state index is 13.1. The van der Waals surface area contributed by atoms with Crippen molar-refractivity contribution in [2.75, 3.05) is 7.11 Å². The summed E-state index contributed by atoms with van der Waals surface area (Å²) in [7, 11) is 1.54. The molecular weight excluding hydrogens is 321 g/mol. The fourth-order valence-electron chi connectivity index (χ4n) is 2.64. The van der Waals surface area contributed by atoms with Gasteiger partial charge in [0, 0.05) is 13.0 Å². The standard InChI is InChI=1S/C20H22FNO3/c1-25-19(16-10-12-18(21)13-11-16)14-17(20(23)22-24)9-5-8-15-6-3-2-4-7-15/h2-8,10-13,17,19,24H,9,14H2,1H3,(H,22,23)/b8-5+/t17-,19+/m0/s1. The summed E-state index contributed by atoms with van der Waals surface area (Å²) in [6.45, 7) is 0. The highest BCUT2D eigenvalue weighted by Gasteiger charge is 2.23. The van der Waals surface area contributed by atoms with Gasteiger partial charge in [0.1, 0.15) is 5.82 Å². The van der Waals surface area contributed by atoms with E-state index in [0.717, 1.165) is 11.1 Å². The highest BCUT2D eigenvalue weighted by atomic mass is 19.1. The second-order valence-electron chi connectivity index (χ2n) is 5.73. The van der Waals surface area contributed by atoms with Crippen LogP contribution in [0.1, 0.15) is 30.1 Å². The molecule has 2 aromatic carbocycles. The third-order valence-electron chi connectivity index (χ3n) is 4.04. The van der Waals surface area contributed by atoms with Crippen molar-refractivity contribution in [1.29, 1.82) is 0 Å². The van der Waals surface area contributed by atoms with Gasteiger partial charge in [-0.1, -0.05) is 54.6 Å². The Morgan fingerprint density at radius 1 is 1.20 bits per heavy atom. The summed E-state index contributed by atoms with van der Waals surface area (Å²) in [5.74, 6) is -1.27. The molecule has 0 unspecified atom stereocenters. The van der Waals surface area contributed by atoms with Crippen LogP contribution in [0.15, 0.2) is 60.7 Å². The Balaban J connectivity index is 2.06. The zero-order valence-corrected chi connectivity index (χ0v) is 14.1. The third kappa shape index (κ3) is 5.81. The molecule has 0 aromatic heterocycles. The predicted octanol–water partition coefficient (Wildman–Crippen LogP) is 4.13. The highest BCUT2D eigenvalue weighted by molar-refractivity contribution is 5.77. The van der Waals surface area contributed by atoms with Crippen LogP contribution in [0.4, 0.5) is 4.39 Å². The molecule has 2 atom stereocenters. The number of amides is 1. The number of rotatable bonds is 8. The lowest BCUT2D eigenvalue weighted by Crippen LogP contribution is -2.29. The van der Waals surface area contributed by atoms with Gasteiger partial charge in [-0.2, -0.15) is 0 Å². The van der Waals surface area contributed by atoms with Gasteiger partial charge in [0.15, 0.2) is 0 Å². The van der Waals surface area contributed by atoms with E-state index in [0.29, 0.717) is 12.8 Å². The van der Waals surface area contributed by atoms with E-state index >= 15 is 0 Å². The molecule has 132 valence electrons. The van der Waals surface area contributed by atoms with E-state index < -0.39 is 11.8 Å². The van der Waals surface area contributed by atoms with Crippen LogP contribution in [0.2, 0.25) is 0 Å². The molecule has 4 nitrogen and oxygen atoms in total. The first-order chi connectivity index (χ1) is 12.1. The minimum Gasteiger partial charge on any atom is -0.377 e. The van der Waals surface area contributed by atoms with Crippen molar-refractivity contribution in [3.63, 3.8) is 0 Å². The van der Waals surface area contributed by atoms with Crippen LogP contribution >= 0.6 is 0 Å². The smallest absolute Gasteiger partial charge is 0.246 e. The van der Waals surface area contributed by atoms with E-state index in [4.69, 9.17) is 9.94 Å². The Morgan fingerprint density at radius 2 is 1.88 bits per heavy atom. The molecule has 0 fully saturated rings. The average molecular weight is 343 g/mol. The SMILES string of the molecule is CO[C@H](C[C@H](C/C=C/c1ccccc1)C(=O)NO)c1ccc(F)cc1. The maximum Gasteiger partial charge on any atom is 0.246 e. The molecule has 2 aromatic rings. The van der Waals surface area contributed by atoms with Gasteiger partial charge in [-0.3, -0.25) is 10.0 Å². The van der Waals surface area contributed by atoms with Gasteiger partial charge in [-0.05, 0) is 36.1 Å². The second kappa shape index (κ2) is 9.71. The Hall–Kier alpha value is -2.50. The lowest BCUT2D eigenvalue weighted by Gasteiger charge is -2.21. The molecule has 0 aliphatic heterocycles. The van der Waals surface area contributed by atoms with Crippen LogP contribution < -0.4 is 5.48 Å². The number of carbonyl (C=O) groups excluding carboxylic acids is 1. The molecule has 2 rings (SSSR count). The first-order valence-corrected chi connectivity index (χ1v) is 8.08. The van der Waals surface area contributed by atoms with Crippen molar-refractivity contribution in [3.05, 3.63) is 77.6 Å². The van der Waals surface area contributed by atoms with Crippen LogP contribution in [0.5, 0.6) is 0 Å². The zero-order valence-electron chi connectivity index (χ0n) is 14.1. The summed E-state index contributed by atoms with van der Waals surface area (Å²) >= 11 is 0. The molecule has 1 amide bonds. The molecule has 0 bridgehead atoms. The summed E-state index contributed by atoms with van der Waals surface area (Å²) in [4.78, 5) is 12.0. The van der Waals surface area contributed by atoms with Crippen molar-refractivity contribution in [2.45, 2.75) is 18.9 Å². The molecular formula is C20H22FNO3. The number of nitrogens with one attached hydrogen (secondary N) is 1. The van der Waals surface area contributed by atoms with E-state index in [1.54, 1.807) is 24.7 Å². The number of methoxy groups -OCH3 is 1. The van der Waals surface area contributed by atoms with Gasteiger partial charge in [0.2, 0.25) is 5.91 Å². The molecule has 5 heteroatoms. The maximum absolute atomic E-state index is 13.1. The van der Waals surface area contributed by atoms with E-state index in [2.05, 4.69) is 0 Å². The second-order valence-corrected chi connectivity index (χ2v) is 5.73. The van der Waals surface area contributed by atoms with E-state index in [-0.39, 0.29) is 11.9 Å². The van der Waals surface area contributed by atoms with Crippen LogP contribution in [0.25, 0.3) is 6.08 Å². The Kier molecular flexibility index (Phi) is 7.32. The van der Waals surface area contributed by atoms with Gasteiger partial charge in [0.25, 0.3) is 0 Å². The number of ether oxygens (including phenoxy) is 1. The van der Waals surface area contributed by atoms with E-state index in [1.165, 1.54) is 12.1 Å². The van der Waals surface area contributed by atoms with Gasteiger partial charge in [-0.25, -0.2) is 9.87 Å². The van der Waals surface area contributed by atoms with E-state index in [9.17, 15) is 9.18 Å². The van der Waals surface area contributed by atoms with E-state index in [1.807, 2.05) is 42.5 Å². The summed E-state index contributed by atoms with van der Waals surface area (Å²) in [6, 6.07) is 15.7. The van der Waals surface area contributed by atoms with Crippen LogP contribution in [0.3, 0.4) is 0 Å². The number of hydroxylamine groups is 1. The van der Waals surface area contributed by atoms with Crippen molar-refractivity contribution < 1.29 is 19.1 Å². The molecule has 0 radical (unpaired) electrons. The number of halogens is 1. The molecule has 25 heavy (non-hydrogen) atoms. The van der Waals surface area contributed by atoms with Gasteiger partial charge >= 0.3 is 0 Å². The minimum atomic E-state index is -0.472. The molecule has 0 aliphatic carbocycles. The van der Waals surface area contributed by atoms with Crippen molar-refractivity contribution >= 4 is 12.0 Å². The normalized spacial score (nSPS) is 13.6. The summed E-state index contributed by atoms with van der Waals surface area (Å²) in [5.41, 5.74) is 3.53. The molecule has 0 saturated heterocycles. The largest absolute Gasteiger partial charge is 0.377 e. The summed E-state index contributed by atoms with van der Waals surface area (Å²) in [6.07, 6.45) is 4.27.